The Bertz CT molecular complexity index is 836. The number of aromatic nitrogens is 6. The van der Waals surface area contributed by atoms with Crippen LogP contribution in [0.4, 0.5) is 17.5 Å². The molecule has 0 unspecified atom stereocenters. The van der Waals surface area contributed by atoms with Crippen LogP contribution in [0.15, 0.2) is 25.0 Å². The van der Waals surface area contributed by atoms with Gasteiger partial charge >= 0.3 is 0 Å². The number of imidazole rings is 1. The van der Waals surface area contributed by atoms with Gasteiger partial charge in [0.15, 0.2) is 11.5 Å². The van der Waals surface area contributed by atoms with Crippen molar-refractivity contribution in [3.63, 3.8) is 0 Å². The molecule has 0 aliphatic carbocycles. The predicted octanol–water partition coefficient (Wildman–Crippen LogP) is 0.535. The molecule has 9 nitrogen and oxygen atoms in total. The van der Waals surface area contributed by atoms with E-state index in [0.717, 1.165) is 49.1 Å². The first kappa shape index (κ1) is 14.6. The van der Waals surface area contributed by atoms with E-state index in [1.54, 1.807) is 19.0 Å². The first-order valence-electron chi connectivity index (χ1n) is 7.86. The van der Waals surface area contributed by atoms with Gasteiger partial charge in [0, 0.05) is 46.3 Å². The second-order valence-corrected chi connectivity index (χ2v) is 5.90. The largest absolute Gasteiger partial charge is 0.363 e. The fourth-order valence-electron chi connectivity index (χ4n) is 2.89. The summed E-state index contributed by atoms with van der Waals surface area (Å²) in [5, 5.41) is 0. The third-order valence-corrected chi connectivity index (χ3v) is 4.20. The molecule has 0 aromatic carbocycles. The van der Waals surface area contributed by atoms with Crippen LogP contribution < -0.4 is 14.7 Å². The number of aromatic amines is 1. The molecule has 4 rings (SSSR count). The molecule has 1 aliphatic heterocycles. The number of anilines is 3. The van der Waals surface area contributed by atoms with E-state index < -0.39 is 0 Å². The Morgan fingerprint density at radius 2 is 1.67 bits per heavy atom. The van der Waals surface area contributed by atoms with Crippen LogP contribution in [-0.4, -0.2) is 70.2 Å². The minimum absolute atomic E-state index is 0.703. The van der Waals surface area contributed by atoms with E-state index >= 15 is 0 Å². The van der Waals surface area contributed by atoms with Crippen molar-refractivity contribution >= 4 is 28.6 Å². The average molecular weight is 325 g/mol. The normalized spacial score (nSPS) is 15.1. The summed E-state index contributed by atoms with van der Waals surface area (Å²) in [6, 6.07) is 2.02. The van der Waals surface area contributed by atoms with Crippen LogP contribution >= 0.6 is 0 Å². The Labute approximate surface area is 139 Å². The van der Waals surface area contributed by atoms with E-state index in [1.807, 2.05) is 25.1 Å². The van der Waals surface area contributed by atoms with Gasteiger partial charge in [0.1, 0.15) is 29.8 Å². The number of hydrogen-bond donors (Lipinski definition) is 1. The molecule has 4 heterocycles. The Morgan fingerprint density at radius 1 is 0.917 bits per heavy atom. The summed E-state index contributed by atoms with van der Waals surface area (Å²) in [5.41, 5.74) is 1.59. The number of rotatable bonds is 3. The molecule has 124 valence electrons. The maximum atomic E-state index is 4.43. The first-order valence-corrected chi connectivity index (χ1v) is 7.86. The van der Waals surface area contributed by atoms with Crippen LogP contribution in [0.2, 0.25) is 0 Å². The molecule has 9 heteroatoms. The van der Waals surface area contributed by atoms with E-state index in [1.165, 1.54) is 0 Å². The number of nitrogens with one attached hydrogen (secondary N) is 1. The Hall–Kier alpha value is -2.97. The van der Waals surface area contributed by atoms with E-state index in [2.05, 4.69) is 39.7 Å². The number of fused-ring (bicyclic) bond motifs is 1. The summed E-state index contributed by atoms with van der Waals surface area (Å²) in [7, 11) is 3.96. The zero-order valence-electron chi connectivity index (χ0n) is 13.7. The fourth-order valence-corrected chi connectivity index (χ4v) is 2.89. The highest BCUT2D eigenvalue weighted by Gasteiger charge is 2.21. The Balaban J connectivity index is 1.51. The lowest BCUT2D eigenvalue weighted by molar-refractivity contribution is 0.642. The van der Waals surface area contributed by atoms with Gasteiger partial charge in [-0.25, -0.2) is 24.9 Å². The zero-order valence-corrected chi connectivity index (χ0v) is 13.7. The molecule has 24 heavy (non-hydrogen) atoms. The number of hydrogen-bond acceptors (Lipinski definition) is 8. The quantitative estimate of drug-likeness (QED) is 0.746. The molecule has 1 saturated heterocycles. The van der Waals surface area contributed by atoms with Gasteiger partial charge in [-0.1, -0.05) is 0 Å². The molecular weight excluding hydrogens is 306 g/mol. The summed E-state index contributed by atoms with van der Waals surface area (Å²) in [5.74, 6) is 2.79. The lowest BCUT2D eigenvalue weighted by Crippen LogP contribution is -2.47. The summed E-state index contributed by atoms with van der Waals surface area (Å²) in [6.45, 7) is 3.49. The first-order chi connectivity index (χ1) is 11.7. The SMILES string of the molecule is CN(C)c1cc(N2CCN(c3ncnc4nc[nH]c34)CC2)ncn1. The van der Waals surface area contributed by atoms with Crippen LogP contribution in [0, 0.1) is 0 Å². The van der Waals surface area contributed by atoms with Gasteiger partial charge in [-0.3, -0.25) is 0 Å². The minimum Gasteiger partial charge on any atom is -0.363 e. The lowest BCUT2D eigenvalue weighted by Gasteiger charge is -2.36. The summed E-state index contributed by atoms with van der Waals surface area (Å²) in [6.07, 6.45) is 4.84. The van der Waals surface area contributed by atoms with Crippen molar-refractivity contribution < 1.29 is 0 Å². The summed E-state index contributed by atoms with van der Waals surface area (Å²) < 4.78 is 0. The van der Waals surface area contributed by atoms with Crippen LogP contribution in [0.1, 0.15) is 0 Å². The van der Waals surface area contributed by atoms with Crippen molar-refractivity contribution in [2.24, 2.45) is 0 Å². The van der Waals surface area contributed by atoms with Crippen LogP contribution in [0.5, 0.6) is 0 Å². The number of nitrogens with zero attached hydrogens (tertiary/aromatic N) is 8. The van der Waals surface area contributed by atoms with E-state index in [0.29, 0.717) is 5.65 Å². The summed E-state index contributed by atoms with van der Waals surface area (Å²) in [4.78, 5) is 31.1. The molecule has 3 aromatic rings. The predicted molar refractivity (Wildman–Crippen MR) is 92.5 cm³/mol. The molecule has 0 saturated carbocycles. The molecule has 0 bridgehead atoms. The molecule has 0 atom stereocenters. The highest BCUT2D eigenvalue weighted by molar-refractivity contribution is 5.82. The van der Waals surface area contributed by atoms with Crippen LogP contribution in [-0.2, 0) is 0 Å². The summed E-state index contributed by atoms with van der Waals surface area (Å²) >= 11 is 0. The van der Waals surface area contributed by atoms with Crippen molar-refractivity contribution in [2.45, 2.75) is 0 Å². The molecule has 1 N–H and O–H groups in total. The number of H-pyrrole nitrogens is 1. The van der Waals surface area contributed by atoms with Crippen molar-refractivity contribution in [3.8, 4) is 0 Å². The maximum absolute atomic E-state index is 4.43. The highest BCUT2D eigenvalue weighted by Crippen LogP contribution is 2.23. The molecule has 0 amide bonds. The zero-order chi connectivity index (χ0) is 16.5. The topological polar surface area (TPSA) is 90.0 Å². The average Bonchev–Trinajstić information content (AvgIpc) is 3.11. The van der Waals surface area contributed by atoms with E-state index in [4.69, 9.17) is 0 Å². The second kappa shape index (κ2) is 5.91. The smallest absolute Gasteiger partial charge is 0.182 e. The Kier molecular flexibility index (Phi) is 3.60. The molecule has 0 radical (unpaired) electrons. The number of piperazine rings is 1. The lowest BCUT2D eigenvalue weighted by atomic mass is 10.3. The van der Waals surface area contributed by atoms with Gasteiger partial charge in [-0.05, 0) is 0 Å². The van der Waals surface area contributed by atoms with Gasteiger partial charge in [-0.15, -0.1) is 0 Å². The van der Waals surface area contributed by atoms with Crippen molar-refractivity contribution in [1.29, 1.82) is 0 Å². The fraction of sp³-hybridized carbons (Fsp3) is 0.400. The molecule has 1 fully saturated rings. The molecule has 3 aromatic heterocycles. The Morgan fingerprint density at radius 3 is 2.46 bits per heavy atom. The van der Waals surface area contributed by atoms with E-state index in [-0.39, 0.29) is 0 Å². The van der Waals surface area contributed by atoms with Gasteiger partial charge < -0.3 is 19.7 Å². The van der Waals surface area contributed by atoms with Gasteiger partial charge in [0.05, 0.1) is 6.33 Å². The monoisotopic (exact) mass is 325 g/mol. The molecular formula is C15H19N9. The standard InChI is InChI=1S/C15H19N9/c1-22(2)11-7-12(17-8-16-11)23-3-5-24(6-4-23)15-13-14(19-9-18-13)20-10-21-15/h7-10H,3-6H2,1-2H3,(H,18,19,20,21). The van der Waals surface area contributed by atoms with Gasteiger partial charge in [0.25, 0.3) is 0 Å². The highest BCUT2D eigenvalue weighted by atomic mass is 15.3. The van der Waals surface area contributed by atoms with Crippen LogP contribution in [0.25, 0.3) is 11.2 Å². The van der Waals surface area contributed by atoms with Gasteiger partial charge in [0.2, 0.25) is 0 Å². The van der Waals surface area contributed by atoms with Gasteiger partial charge in [-0.2, -0.15) is 0 Å². The third-order valence-electron chi connectivity index (χ3n) is 4.20. The second-order valence-electron chi connectivity index (χ2n) is 5.90. The van der Waals surface area contributed by atoms with Crippen molar-refractivity contribution in [1.82, 2.24) is 29.9 Å². The molecule has 0 spiro atoms. The van der Waals surface area contributed by atoms with E-state index in [9.17, 15) is 0 Å². The van der Waals surface area contributed by atoms with Crippen LogP contribution in [0.3, 0.4) is 0 Å². The van der Waals surface area contributed by atoms with Crippen molar-refractivity contribution in [2.75, 3.05) is 55.0 Å². The maximum Gasteiger partial charge on any atom is 0.182 e. The van der Waals surface area contributed by atoms with Crippen molar-refractivity contribution in [3.05, 3.63) is 25.0 Å². The third kappa shape index (κ3) is 2.57. The minimum atomic E-state index is 0.703. The molecule has 1 aliphatic rings.